The summed E-state index contributed by atoms with van der Waals surface area (Å²) in [6.07, 6.45) is 5.75. The molecule has 4 nitrogen and oxygen atoms in total. The molecule has 1 aliphatic heterocycles. The molecule has 0 saturated carbocycles. The Morgan fingerprint density at radius 2 is 2.39 bits per heavy atom. The van der Waals surface area contributed by atoms with Crippen molar-refractivity contribution in [3.05, 3.63) is 29.0 Å². The first-order valence-corrected chi connectivity index (χ1v) is 7.49. The summed E-state index contributed by atoms with van der Waals surface area (Å²) in [7, 11) is -2.35. The van der Waals surface area contributed by atoms with Crippen molar-refractivity contribution in [2.45, 2.75) is 31.9 Å². The van der Waals surface area contributed by atoms with Crippen LogP contribution in [0.4, 0.5) is 0 Å². The molecule has 0 bridgehead atoms. The molecule has 98 valence electrons. The number of rotatable bonds is 2. The maximum Gasteiger partial charge on any atom is 0.214 e. The number of halogens is 1. The van der Waals surface area contributed by atoms with E-state index in [1.165, 1.54) is 0 Å². The maximum absolute atomic E-state index is 12.4. The van der Waals surface area contributed by atoms with E-state index in [1.54, 1.807) is 18.5 Å². The zero-order valence-electron chi connectivity index (χ0n) is 9.17. The molecule has 1 fully saturated rings. The van der Waals surface area contributed by atoms with E-state index < -0.39 is 9.73 Å². The van der Waals surface area contributed by atoms with E-state index in [-0.39, 0.29) is 12.7 Å². The molecule has 1 aromatic rings. The summed E-state index contributed by atoms with van der Waals surface area (Å²) in [5.41, 5.74) is 0.988. The van der Waals surface area contributed by atoms with Crippen LogP contribution in [0.2, 0.25) is 5.15 Å². The minimum atomic E-state index is -2.35. The Bertz CT molecular complexity index is 556. The van der Waals surface area contributed by atoms with Crippen LogP contribution in [0.15, 0.2) is 22.7 Å². The van der Waals surface area contributed by atoms with E-state index in [9.17, 15) is 4.21 Å². The van der Waals surface area contributed by atoms with Crippen LogP contribution in [0.1, 0.15) is 25.8 Å². The summed E-state index contributed by atoms with van der Waals surface area (Å²) < 4.78 is 16.0. The first-order valence-electron chi connectivity index (χ1n) is 5.36. The molecule has 0 aromatic carbocycles. The Hall–Kier alpha value is -1.12. The second-order valence-corrected chi connectivity index (χ2v) is 7.07. The van der Waals surface area contributed by atoms with E-state index in [0.717, 1.165) is 18.4 Å². The molecule has 2 atom stereocenters. The van der Waals surface area contributed by atoms with Crippen molar-refractivity contribution in [1.29, 1.82) is 5.26 Å². The fraction of sp³-hybridized carbons (Fsp3) is 0.500. The lowest BCUT2D eigenvalue weighted by Crippen LogP contribution is -2.18. The van der Waals surface area contributed by atoms with Crippen molar-refractivity contribution >= 4 is 21.3 Å². The highest BCUT2D eigenvalue weighted by Gasteiger charge is 2.29. The minimum Gasteiger partial charge on any atom is -0.248 e. The molecule has 0 aliphatic carbocycles. The van der Waals surface area contributed by atoms with E-state index in [1.807, 2.05) is 6.07 Å². The molecule has 18 heavy (non-hydrogen) atoms. The van der Waals surface area contributed by atoms with Crippen molar-refractivity contribution in [3.8, 4) is 6.19 Å². The molecular formula is C12H16ClN3OS. The van der Waals surface area contributed by atoms with Gasteiger partial charge in [0.15, 0.2) is 0 Å². The largest absolute Gasteiger partial charge is 0.248 e. The smallest absolute Gasteiger partial charge is 0.214 e. The predicted octanol–water partition coefficient (Wildman–Crippen LogP) is 3.03. The van der Waals surface area contributed by atoms with Crippen molar-refractivity contribution in [2.75, 3.05) is 5.75 Å². The van der Waals surface area contributed by atoms with E-state index in [4.69, 9.17) is 16.9 Å². The van der Waals surface area contributed by atoms with Gasteiger partial charge in [0, 0.05) is 17.2 Å². The number of hydrogen-bond acceptors (Lipinski definition) is 4. The highest BCUT2D eigenvalue weighted by atomic mass is 35.5. The van der Waals surface area contributed by atoms with Crippen LogP contribution in [-0.2, 0) is 16.1 Å². The van der Waals surface area contributed by atoms with Gasteiger partial charge in [-0.15, -0.1) is 4.36 Å². The van der Waals surface area contributed by atoms with E-state index >= 15 is 0 Å². The van der Waals surface area contributed by atoms with Gasteiger partial charge in [-0.1, -0.05) is 25.1 Å². The third kappa shape index (κ3) is 3.21. The number of nitriles is 1. The Morgan fingerprint density at radius 1 is 1.61 bits per heavy atom. The van der Waals surface area contributed by atoms with Crippen LogP contribution in [0, 0.1) is 11.5 Å². The fourth-order valence-electron chi connectivity index (χ4n) is 2.08. The Balaban J connectivity index is 0.00000162. The monoisotopic (exact) mass is 285 g/mol. The minimum absolute atomic E-state index is 0. The predicted molar refractivity (Wildman–Crippen MR) is 73.8 cm³/mol. The molecule has 1 unspecified atom stereocenters. The Morgan fingerprint density at radius 3 is 3.00 bits per heavy atom. The van der Waals surface area contributed by atoms with Gasteiger partial charge in [-0.05, 0) is 30.9 Å². The van der Waals surface area contributed by atoms with Gasteiger partial charge in [0.1, 0.15) is 5.15 Å². The molecule has 6 heteroatoms. The number of aromatic nitrogens is 1. The lowest BCUT2D eigenvalue weighted by molar-refractivity contribution is 0.667. The molecule has 2 heterocycles. The highest BCUT2D eigenvalue weighted by molar-refractivity contribution is 7.94. The first kappa shape index (κ1) is 14.9. The van der Waals surface area contributed by atoms with Gasteiger partial charge in [0.2, 0.25) is 6.19 Å². The van der Waals surface area contributed by atoms with Crippen LogP contribution in [0.25, 0.3) is 0 Å². The first-order chi connectivity index (χ1) is 8.14. The van der Waals surface area contributed by atoms with Crippen molar-refractivity contribution in [3.63, 3.8) is 0 Å². The molecular weight excluding hydrogens is 270 g/mol. The van der Waals surface area contributed by atoms with Crippen LogP contribution in [0.5, 0.6) is 0 Å². The van der Waals surface area contributed by atoms with Crippen LogP contribution >= 0.6 is 11.6 Å². The van der Waals surface area contributed by atoms with Crippen LogP contribution < -0.4 is 0 Å². The van der Waals surface area contributed by atoms with Gasteiger partial charge in [-0.3, -0.25) is 0 Å². The second-order valence-electron chi connectivity index (χ2n) is 4.04. The third-order valence-corrected chi connectivity index (χ3v) is 5.86. The molecule has 0 radical (unpaired) electrons. The number of nitrogens with zero attached hydrogens (tertiary/aromatic N) is 3. The Kier molecular flexibility index (Phi) is 5.12. The zero-order valence-corrected chi connectivity index (χ0v) is 10.7. The zero-order chi connectivity index (χ0) is 12.3. The highest BCUT2D eigenvalue weighted by Crippen LogP contribution is 2.25. The van der Waals surface area contributed by atoms with E-state index in [0.29, 0.717) is 17.3 Å². The maximum atomic E-state index is 12.4. The molecule has 2 rings (SSSR count). The average molecular weight is 286 g/mol. The van der Waals surface area contributed by atoms with Crippen molar-refractivity contribution in [1.82, 2.24) is 4.98 Å². The second kappa shape index (κ2) is 6.17. The van der Waals surface area contributed by atoms with Gasteiger partial charge in [-0.2, -0.15) is 5.26 Å². The molecule has 1 saturated heterocycles. The van der Waals surface area contributed by atoms with Gasteiger partial charge in [0.25, 0.3) is 0 Å². The average Bonchev–Trinajstić information content (AvgIpc) is 2.64. The SMILES string of the molecule is C.N#CN=[S@@]1(=O)CCCC1Cc1ccc(Cl)nc1. The summed E-state index contributed by atoms with van der Waals surface area (Å²) in [5.74, 6) is 0.534. The number of pyridine rings is 1. The molecule has 0 N–H and O–H groups in total. The molecule has 1 aromatic heterocycles. The summed E-state index contributed by atoms with van der Waals surface area (Å²) in [6, 6.07) is 3.59. The topological polar surface area (TPSA) is 66.1 Å². The van der Waals surface area contributed by atoms with Gasteiger partial charge in [0.05, 0.1) is 9.73 Å². The van der Waals surface area contributed by atoms with Crippen LogP contribution in [-0.4, -0.2) is 20.2 Å². The van der Waals surface area contributed by atoms with Crippen molar-refractivity contribution in [2.24, 2.45) is 4.36 Å². The summed E-state index contributed by atoms with van der Waals surface area (Å²) in [6.45, 7) is 0. The summed E-state index contributed by atoms with van der Waals surface area (Å²) >= 11 is 5.70. The lowest BCUT2D eigenvalue weighted by atomic mass is 10.1. The third-order valence-electron chi connectivity index (χ3n) is 2.93. The van der Waals surface area contributed by atoms with Crippen LogP contribution in [0.3, 0.4) is 0 Å². The van der Waals surface area contributed by atoms with Gasteiger partial charge in [-0.25, -0.2) is 9.19 Å². The van der Waals surface area contributed by atoms with E-state index in [2.05, 4.69) is 9.35 Å². The Labute approximate surface area is 113 Å². The van der Waals surface area contributed by atoms with Gasteiger partial charge < -0.3 is 0 Å². The standard InChI is InChI=1S/C11H12ClN3OS.CH4/c12-11-4-3-9(7-14-11)6-10-2-1-5-17(10,16)15-8-13;/h3-4,7,10H,1-2,5-6H2;1H4/t10?,17-;/m1./s1. The summed E-state index contributed by atoms with van der Waals surface area (Å²) in [4.78, 5) is 3.99. The summed E-state index contributed by atoms with van der Waals surface area (Å²) in [5, 5.41) is 9.00. The van der Waals surface area contributed by atoms with Gasteiger partial charge >= 0.3 is 0 Å². The quantitative estimate of drug-likeness (QED) is 0.620. The fourth-order valence-corrected chi connectivity index (χ4v) is 4.47. The van der Waals surface area contributed by atoms with Crippen molar-refractivity contribution < 1.29 is 4.21 Å². The lowest BCUT2D eigenvalue weighted by Gasteiger charge is -2.11. The molecule has 0 amide bonds. The number of hydrogen-bond donors (Lipinski definition) is 0. The normalized spacial score (nSPS) is 26.1. The molecule has 0 spiro atoms. The molecule has 1 aliphatic rings.